The number of hydrogen-bond acceptors (Lipinski definition) is 6. The zero-order valence-corrected chi connectivity index (χ0v) is 13.6. The normalized spacial score (nSPS) is 11.4. The van der Waals surface area contributed by atoms with Crippen molar-refractivity contribution in [3.63, 3.8) is 0 Å². The van der Waals surface area contributed by atoms with Crippen LogP contribution in [0.5, 0.6) is 11.5 Å². The predicted molar refractivity (Wildman–Crippen MR) is 91.1 cm³/mol. The highest BCUT2D eigenvalue weighted by Gasteiger charge is 2.15. The number of ether oxygens (including phenoxy) is 2. The monoisotopic (exact) mass is 340 g/mol. The van der Waals surface area contributed by atoms with Gasteiger partial charge in [-0.1, -0.05) is 12.1 Å². The molecule has 2 aromatic carbocycles. The van der Waals surface area contributed by atoms with Gasteiger partial charge in [-0.25, -0.2) is 0 Å². The summed E-state index contributed by atoms with van der Waals surface area (Å²) in [4.78, 5) is 12.5. The molecule has 0 aliphatic heterocycles. The van der Waals surface area contributed by atoms with Gasteiger partial charge in [-0.15, -0.1) is 0 Å². The van der Waals surface area contributed by atoms with Gasteiger partial charge in [0.1, 0.15) is 11.3 Å². The van der Waals surface area contributed by atoms with Gasteiger partial charge >= 0.3 is 0 Å². The smallest absolute Gasteiger partial charge is 0.268 e. The summed E-state index contributed by atoms with van der Waals surface area (Å²) in [5.74, 6) is 0.688. The third kappa shape index (κ3) is 3.25. The van der Waals surface area contributed by atoms with Crippen molar-refractivity contribution < 1.29 is 23.9 Å². The zero-order chi connectivity index (χ0) is 17.8. The molecule has 0 atom stereocenters. The SMILES string of the molecule is COc1ccc(NC(=O)c2cc3cccc(OC)c3o/c2=N\O)cc1. The Kier molecular flexibility index (Phi) is 4.56. The molecular weight excluding hydrogens is 324 g/mol. The average molecular weight is 340 g/mol. The van der Waals surface area contributed by atoms with E-state index in [4.69, 9.17) is 13.9 Å². The lowest BCUT2D eigenvalue weighted by Gasteiger charge is -2.08. The number of methoxy groups -OCH3 is 2. The van der Waals surface area contributed by atoms with E-state index in [9.17, 15) is 10.0 Å². The Morgan fingerprint density at radius 2 is 1.88 bits per heavy atom. The number of benzene rings is 2. The summed E-state index contributed by atoms with van der Waals surface area (Å²) in [6, 6.07) is 13.7. The van der Waals surface area contributed by atoms with Crippen molar-refractivity contribution in [2.24, 2.45) is 5.16 Å². The Hall–Kier alpha value is -3.48. The maximum atomic E-state index is 12.5. The van der Waals surface area contributed by atoms with Gasteiger partial charge in [0, 0.05) is 11.1 Å². The van der Waals surface area contributed by atoms with Gasteiger partial charge in [0.2, 0.25) is 0 Å². The van der Waals surface area contributed by atoms with Crippen LogP contribution in [0.1, 0.15) is 10.4 Å². The largest absolute Gasteiger partial charge is 0.497 e. The van der Waals surface area contributed by atoms with Crippen molar-refractivity contribution in [3.05, 3.63) is 59.6 Å². The van der Waals surface area contributed by atoms with Gasteiger partial charge in [-0.05, 0) is 41.6 Å². The molecule has 0 unspecified atom stereocenters. The molecule has 1 heterocycles. The van der Waals surface area contributed by atoms with Crippen LogP contribution in [0.25, 0.3) is 11.0 Å². The number of para-hydroxylation sites is 1. The van der Waals surface area contributed by atoms with E-state index in [-0.39, 0.29) is 11.1 Å². The molecule has 1 amide bonds. The summed E-state index contributed by atoms with van der Waals surface area (Å²) in [6.45, 7) is 0. The molecule has 3 aromatic rings. The highest BCUT2D eigenvalue weighted by atomic mass is 16.5. The number of hydrogen-bond donors (Lipinski definition) is 2. The molecule has 0 aliphatic carbocycles. The lowest BCUT2D eigenvalue weighted by atomic mass is 10.1. The van der Waals surface area contributed by atoms with E-state index >= 15 is 0 Å². The van der Waals surface area contributed by atoms with Gasteiger partial charge in [0.15, 0.2) is 11.3 Å². The zero-order valence-electron chi connectivity index (χ0n) is 13.6. The van der Waals surface area contributed by atoms with Crippen LogP contribution in [0.4, 0.5) is 5.69 Å². The van der Waals surface area contributed by atoms with E-state index in [1.807, 2.05) is 0 Å². The summed E-state index contributed by atoms with van der Waals surface area (Å²) < 4.78 is 15.8. The Bertz CT molecular complexity index is 977. The number of anilines is 1. The van der Waals surface area contributed by atoms with Crippen LogP contribution < -0.4 is 20.3 Å². The lowest BCUT2D eigenvalue weighted by Crippen LogP contribution is -2.21. The summed E-state index contributed by atoms with van der Waals surface area (Å²) in [7, 11) is 3.07. The fraction of sp³-hybridized carbons (Fsp3) is 0.111. The second-order valence-electron chi connectivity index (χ2n) is 5.13. The molecule has 3 rings (SSSR count). The molecule has 0 bridgehead atoms. The maximum absolute atomic E-state index is 12.5. The molecular formula is C18H16N2O5. The molecule has 0 saturated heterocycles. The first-order chi connectivity index (χ1) is 12.2. The standard InChI is InChI=1S/C18H16N2O5/c1-23-13-8-6-12(7-9-13)19-17(21)14-10-11-4-3-5-15(24-2)16(11)25-18(14)20-22/h3-10,22H,1-2H3,(H,19,21)/b20-18-. The Morgan fingerprint density at radius 1 is 1.12 bits per heavy atom. The lowest BCUT2D eigenvalue weighted by molar-refractivity contribution is 0.102. The van der Waals surface area contributed by atoms with Crippen molar-refractivity contribution in [2.75, 3.05) is 19.5 Å². The highest BCUT2D eigenvalue weighted by molar-refractivity contribution is 6.05. The number of rotatable bonds is 4. The molecule has 2 N–H and O–H groups in total. The predicted octanol–water partition coefficient (Wildman–Crippen LogP) is 2.99. The average Bonchev–Trinajstić information content (AvgIpc) is 2.66. The van der Waals surface area contributed by atoms with Crippen LogP contribution in [0, 0.1) is 0 Å². The van der Waals surface area contributed by atoms with Crippen LogP contribution in [0.3, 0.4) is 0 Å². The van der Waals surface area contributed by atoms with Crippen LogP contribution in [0.2, 0.25) is 0 Å². The second-order valence-corrected chi connectivity index (χ2v) is 5.13. The number of amides is 1. The fourth-order valence-electron chi connectivity index (χ4n) is 2.40. The quantitative estimate of drug-likeness (QED) is 0.562. The molecule has 7 heteroatoms. The third-order valence-electron chi connectivity index (χ3n) is 3.64. The van der Waals surface area contributed by atoms with Crippen LogP contribution in [0.15, 0.2) is 58.1 Å². The van der Waals surface area contributed by atoms with Gasteiger partial charge < -0.3 is 24.4 Å². The molecule has 0 fully saturated rings. The molecule has 128 valence electrons. The first-order valence-electron chi connectivity index (χ1n) is 7.40. The van der Waals surface area contributed by atoms with Crippen molar-refractivity contribution in [1.29, 1.82) is 0 Å². The molecule has 0 saturated carbocycles. The fourth-order valence-corrected chi connectivity index (χ4v) is 2.40. The minimum Gasteiger partial charge on any atom is -0.497 e. The topological polar surface area (TPSA) is 93.3 Å². The maximum Gasteiger partial charge on any atom is 0.268 e. The summed E-state index contributed by atoms with van der Waals surface area (Å²) in [5, 5.41) is 15.7. The van der Waals surface area contributed by atoms with E-state index in [1.54, 1.807) is 55.6 Å². The van der Waals surface area contributed by atoms with Crippen molar-refractivity contribution in [2.45, 2.75) is 0 Å². The first-order valence-corrected chi connectivity index (χ1v) is 7.40. The highest BCUT2D eigenvalue weighted by Crippen LogP contribution is 2.24. The van der Waals surface area contributed by atoms with Gasteiger partial charge in [-0.2, -0.15) is 0 Å². The molecule has 0 radical (unpaired) electrons. The third-order valence-corrected chi connectivity index (χ3v) is 3.64. The summed E-state index contributed by atoms with van der Waals surface area (Å²) in [6.07, 6.45) is 0. The van der Waals surface area contributed by atoms with E-state index in [2.05, 4.69) is 10.5 Å². The Balaban J connectivity index is 2.00. The number of carbonyl (C=O) groups excluding carboxylic acids is 1. The second kappa shape index (κ2) is 6.96. The molecule has 0 aliphatic rings. The van der Waals surface area contributed by atoms with Crippen LogP contribution in [-0.4, -0.2) is 25.3 Å². The van der Waals surface area contributed by atoms with Crippen molar-refractivity contribution in [1.82, 2.24) is 0 Å². The van der Waals surface area contributed by atoms with Crippen molar-refractivity contribution in [3.8, 4) is 11.5 Å². The minimum absolute atomic E-state index is 0.0964. The van der Waals surface area contributed by atoms with Gasteiger partial charge in [0.05, 0.1) is 14.2 Å². The van der Waals surface area contributed by atoms with E-state index in [0.717, 1.165) is 0 Å². The van der Waals surface area contributed by atoms with E-state index in [1.165, 1.54) is 7.11 Å². The van der Waals surface area contributed by atoms with E-state index < -0.39 is 5.91 Å². The Labute approximate surface area is 143 Å². The molecule has 25 heavy (non-hydrogen) atoms. The number of nitrogens with one attached hydrogen (secondary N) is 1. The Morgan fingerprint density at radius 3 is 2.52 bits per heavy atom. The van der Waals surface area contributed by atoms with E-state index in [0.29, 0.717) is 28.2 Å². The van der Waals surface area contributed by atoms with Gasteiger partial charge in [-0.3, -0.25) is 4.79 Å². The number of fused-ring (bicyclic) bond motifs is 1. The molecule has 7 nitrogen and oxygen atoms in total. The summed E-state index contributed by atoms with van der Waals surface area (Å²) in [5.41, 5.74) is 0.848. The molecule has 0 spiro atoms. The number of carbonyl (C=O) groups is 1. The first kappa shape index (κ1) is 16.4. The van der Waals surface area contributed by atoms with Crippen LogP contribution >= 0.6 is 0 Å². The van der Waals surface area contributed by atoms with Crippen molar-refractivity contribution >= 4 is 22.6 Å². The van der Waals surface area contributed by atoms with Crippen LogP contribution in [-0.2, 0) is 0 Å². The molecule has 1 aromatic heterocycles. The number of nitrogens with zero attached hydrogens (tertiary/aromatic N) is 1. The summed E-state index contributed by atoms with van der Waals surface area (Å²) >= 11 is 0. The van der Waals surface area contributed by atoms with Gasteiger partial charge in [0.25, 0.3) is 11.5 Å². The minimum atomic E-state index is -0.466.